The van der Waals surface area contributed by atoms with Crippen molar-refractivity contribution >= 4 is 5.69 Å². The topological polar surface area (TPSA) is 22.8 Å². The van der Waals surface area contributed by atoms with Gasteiger partial charge in [0.05, 0.1) is 13.2 Å². The van der Waals surface area contributed by atoms with Crippen molar-refractivity contribution < 1.29 is 9.47 Å². The van der Waals surface area contributed by atoms with Gasteiger partial charge in [-0.2, -0.15) is 0 Å². The monoisotopic (exact) mass is 239 g/mol. The first-order valence-electron chi connectivity index (χ1n) is 5.70. The Bertz CT molecular complexity index is 555. The average molecular weight is 239 g/mol. The molecule has 18 heavy (non-hydrogen) atoms. The number of hydrogen-bond donors (Lipinski definition) is 0. The van der Waals surface area contributed by atoms with Crippen molar-refractivity contribution in [3.63, 3.8) is 0 Å². The molecule has 2 rings (SSSR count). The standard InChI is InChI=1S/C15H13NO2/c1-3-17-14-5-4-6-15(11-14)18-13-9-7-12(16-2)8-10-13/h4-11H,3H2,1H3. The highest BCUT2D eigenvalue weighted by molar-refractivity contribution is 5.48. The normalized spacial score (nSPS) is 9.56. The fourth-order valence-electron chi connectivity index (χ4n) is 1.52. The second kappa shape index (κ2) is 5.74. The van der Waals surface area contributed by atoms with E-state index in [-0.39, 0.29) is 0 Å². The van der Waals surface area contributed by atoms with Crippen LogP contribution < -0.4 is 9.47 Å². The van der Waals surface area contributed by atoms with Crippen molar-refractivity contribution in [2.24, 2.45) is 0 Å². The molecule has 0 aliphatic rings. The highest BCUT2D eigenvalue weighted by atomic mass is 16.5. The van der Waals surface area contributed by atoms with E-state index in [9.17, 15) is 0 Å². The number of hydrogen-bond acceptors (Lipinski definition) is 2. The Morgan fingerprint density at radius 2 is 1.72 bits per heavy atom. The predicted molar refractivity (Wildman–Crippen MR) is 70.4 cm³/mol. The zero-order chi connectivity index (χ0) is 12.8. The zero-order valence-corrected chi connectivity index (χ0v) is 10.1. The van der Waals surface area contributed by atoms with E-state index in [1.807, 2.05) is 31.2 Å². The minimum absolute atomic E-state index is 0.602. The van der Waals surface area contributed by atoms with Gasteiger partial charge in [0.1, 0.15) is 17.2 Å². The average Bonchev–Trinajstić information content (AvgIpc) is 2.40. The molecule has 2 aromatic rings. The first-order valence-corrected chi connectivity index (χ1v) is 5.70. The lowest BCUT2D eigenvalue weighted by Gasteiger charge is -2.08. The van der Waals surface area contributed by atoms with Gasteiger partial charge in [-0.15, -0.1) is 0 Å². The maximum Gasteiger partial charge on any atom is 0.187 e. The first-order chi connectivity index (χ1) is 8.81. The fourth-order valence-corrected chi connectivity index (χ4v) is 1.52. The summed E-state index contributed by atoms with van der Waals surface area (Å²) in [6.07, 6.45) is 0. The van der Waals surface area contributed by atoms with Crippen LogP contribution in [0.2, 0.25) is 0 Å². The highest BCUT2D eigenvalue weighted by Crippen LogP contribution is 2.26. The molecule has 0 spiro atoms. The number of nitrogens with zero attached hydrogens (tertiary/aromatic N) is 1. The van der Waals surface area contributed by atoms with E-state index in [4.69, 9.17) is 16.0 Å². The summed E-state index contributed by atoms with van der Waals surface area (Å²) < 4.78 is 11.1. The van der Waals surface area contributed by atoms with Crippen LogP contribution in [-0.2, 0) is 0 Å². The third kappa shape index (κ3) is 3.02. The van der Waals surface area contributed by atoms with Crippen LogP contribution in [0, 0.1) is 6.57 Å². The Morgan fingerprint density at radius 1 is 1.00 bits per heavy atom. The van der Waals surface area contributed by atoms with Crippen LogP contribution >= 0.6 is 0 Å². The minimum Gasteiger partial charge on any atom is -0.494 e. The fraction of sp³-hybridized carbons (Fsp3) is 0.133. The van der Waals surface area contributed by atoms with E-state index in [0.717, 1.165) is 11.5 Å². The van der Waals surface area contributed by atoms with Gasteiger partial charge in [0.25, 0.3) is 0 Å². The molecule has 0 unspecified atom stereocenters. The molecule has 0 atom stereocenters. The molecule has 90 valence electrons. The van der Waals surface area contributed by atoms with Crippen molar-refractivity contribution in [1.29, 1.82) is 0 Å². The van der Waals surface area contributed by atoms with E-state index in [1.54, 1.807) is 24.3 Å². The van der Waals surface area contributed by atoms with Gasteiger partial charge in [0.2, 0.25) is 0 Å². The van der Waals surface area contributed by atoms with Gasteiger partial charge in [-0.05, 0) is 31.2 Å². The smallest absolute Gasteiger partial charge is 0.187 e. The van der Waals surface area contributed by atoms with Crippen molar-refractivity contribution in [3.8, 4) is 17.2 Å². The van der Waals surface area contributed by atoms with Crippen LogP contribution in [0.1, 0.15) is 6.92 Å². The summed E-state index contributed by atoms with van der Waals surface area (Å²) >= 11 is 0. The third-order valence-corrected chi connectivity index (χ3v) is 2.32. The second-order valence-corrected chi connectivity index (χ2v) is 3.62. The minimum atomic E-state index is 0.602. The maximum atomic E-state index is 6.88. The van der Waals surface area contributed by atoms with E-state index in [0.29, 0.717) is 18.0 Å². The lowest BCUT2D eigenvalue weighted by Crippen LogP contribution is -1.91. The summed E-state index contributed by atoms with van der Waals surface area (Å²) in [4.78, 5) is 3.33. The Morgan fingerprint density at radius 3 is 2.39 bits per heavy atom. The molecule has 0 aromatic heterocycles. The van der Waals surface area contributed by atoms with Crippen LogP contribution in [-0.4, -0.2) is 6.61 Å². The van der Waals surface area contributed by atoms with Crippen LogP contribution in [0.25, 0.3) is 4.85 Å². The number of benzene rings is 2. The lowest BCUT2D eigenvalue weighted by atomic mass is 10.3. The highest BCUT2D eigenvalue weighted by Gasteiger charge is 1.99. The zero-order valence-electron chi connectivity index (χ0n) is 10.1. The third-order valence-electron chi connectivity index (χ3n) is 2.32. The summed E-state index contributed by atoms with van der Waals surface area (Å²) in [5.41, 5.74) is 0.602. The molecule has 2 aromatic carbocycles. The largest absolute Gasteiger partial charge is 0.494 e. The van der Waals surface area contributed by atoms with Crippen LogP contribution in [0.5, 0.6) is 17.2 Å². The number of rotatable bonds is 4. The summed E-state index contributed by atoms with van der Waals surface area (Å²) in [6.45, 7) is 9.45. The molecule has 0 heterocycles. The van der Waals surface area contributed by atoms with Gasteiger partial charge in [-0.3, -0.25) is 0 Å². The summed E-state index contributed by atoms with van der Waals surface area (Å²) in [7, 11) is 0. The molecule has 3 nitrogen and oxygen atoms in total. The Balaban J connectivity index is 2.12. The lowest BCUT2D eigenvalue weighted by molar-refractivity contribution is 0.338. The summed E-state index contributed by atoms with van der Waals surface area (Å²) in [5.74, 6) is 2.21. The summed E-state index contributed by atoms with van der Waals surface area (Å²) in [5, 5.41) is 0. The number of ether oxygens (including phenoxy) is 2. The van der Waals surface area contributed by atoms with Crippen molar-refractivity contribution in [1.82, 2.24) is 0 Å². The molecule has 0 N–H and O–H groups in total. The van der Waals surface area contributed by atoms with Gasteiger partial charge in [-0.1, -0.05) is 18.2 Å². The summed E-state index contributed by atoms with van der Waals surface area (Å²) in [6, 6.07) is 14.5. The molecule has 0 fully saturated rings. The van der Waals surface area contributed by atoms with E-state index >= 15 is 0 Å². The van der Waals surface area contributed by atoms with Crippen molar-refractivity contribution in [3.05, 3.63) is 59.9 Å². The molecular formula is C15H13NO2. The van der Waals surface area contributed by atoms with Crippen LogP contribution in [0.4, 0.5) is 5.69 Å². The molecule has 3 heteroatoms. The Hall–Kier alpha value is -2.47. The molecule has 0 radical (unpaired) electrons. The Kier molecular flexibility index (Phi) is 3.83. The van der Waals surface area contributed by atoms with Crippen molar-refractivity contribution in [2.45, 2.75) is 6.92 Å². The Labute approximate surface area is 106 Å². The molecule has 0 aliphatic heterocycles. The first kappa shape index (κ1) is 12.0. The van der Waals surface area contributed by atoms with E-state index in [2.05, 4.69) is 4.85 Å². The van der Waals surface area contributed by atoms with Gasteiger partial charge in [0.15, 0.2) is 5.69 Å². The molecule has 0 amide bonds. The molecule has 0 saturated carbocycles. The van der Waals surface area contributed by atoms with Gasteiger partial charge >= 0.3 is 0 Å². The van der Waals surface area contributed by atoms with Gasteiger partial charge in [0, 0.05) is 6.07 Å². The molecule has 0 saturated heterocycles. The van der Waals surface area contributed by atoms with Crippen LogP contribution in [0.15, 0.2) is 48.5 Å². The van der Waals surface area contributed by atoms with Crippen LogP contribution in [0.3, 0.4) is 0 Å². The SMILES string of the molecule is [C-]#[N+]c1ccc(Oc2cccc(OCC)c2)cc1. The molecule has 0 bridgehead atoms. The van der Waals surface area contributed by atoms with Crippen molar-refractivity contribution in [2.75, 3.05) is 6.61 Å². The molecular weight excluding hydrogens is 226 g/mol. The van der Waals surface area contributed by atoms with Gasteiger partial charge in [-0.25, -0.2) is 4.85 Å². The molecule has 0 aliphatic carbocycles. The second-order valence-electron chi connectivity index (χ2n) is 3.62. The maximum absolute atomic E-state index is 6.88. The van der Waals surface area contributed by atoms with E-state index in [1.165, 1.54) is 0 Å². The quantitative estimate of drug-likeness (QED) is 0.736. The van der Waals surface area contributed by atoms with E-state index < -0.39 is 0 Å². The predicted octanol–water partition coefficient (Wildman–Crippen LogP) is 4.43. The van der Waals surface area contributed by atoms with Gasteiger partial charge < -0.3 is 9.47 Å².